The van der Waals surface area contributed by atoms with Crippen LogP contribution in [-0.2, 0) is 17.4 Å². The Morgan fingerprint density at radius 1 is 1.15 bits per heavy atom. The first kappa shape index (κ1) is 23.5. The van der Waals surface area contributed by atoms with E-state index in [2.05, 4.69) is 20.5 Å². The summed E-state index contributed by atoms with van der Waals surface area (Å²) in [5.41, 5.74) is -1.93. The Morgan fingerprint density at radius 3 is 2.53 bits per heavy atom. The molecule has 0 aliphatic heterocycles. The van der Waals surface area contributed by atoms with E-state index < -0.39 is 40.8 Å². The summed E-state index contributed by atoms with van der Waals surface area (Å²) in [5.74, 6) is -1.85. The number of pyridine rings is 1. The summed E-state index contributed by atoms with van der Waals surface area (Å²) in [5, 5.41) is 19.7. The molecule has 0 unspecified atom stereocenters. The number of carboxylic acid groups (broad SMARTS) is 1. The molecule has 0 atom stereocenters. The van der Waals surface area contributed by atoms with Crippen LogP contribution in [0.25, 0.3) is 0 Å². The van der Waals surface area contributed by atoms with Gasteiger partial charge in [0.1, 0.15) is 5.82 Å². The van der Waals surface area contributed by atoms with Crippen molar-refractivity contribution in [2.45, 2.75) is 44.4 Å². The SMILES string of the molecule is O=C(O)C1(Cc2cccc(Nc3cc[nH]n3)n2)CCC(Oc2cccc(C(F)(F)F)c2F)CC1. The van der Waals surface area contributed by atoms with E-state index in [-0.39, 0.29) is 32.1 Å². The van der Waals surface area contributed by atoms with Crippen LogP contribution in [0.15, 0.2) is 48.7 Å². The third kappa shape index (κ3) is 5.13. The maximum atomic E-state index is 14.3. The molecule has 0 amide bonds. The van der Waals surface area contributed by atoms with Crippen molar-refractivity contribution in [3.63, 3.8) is 0 Å². The highest BCUT2D eigenvalue weighted by molar-refractivity contribution is 5.75. The van der Waals surface area contributed by atoms with Gasteiger partial charge in [0, 0.05) is 24.4 Å². The van der Waals surface area contributed by atoms with Crippen LogP contribution in [-0.4, -0.2) is 32.4 Å². The van der Waals surface area contributed by atoms with Crippen LogP contribution in [0.3, 0.4) is 0 Å². The molecule has 1 aliphatic carbocycles. The maximum Gasteiger partial charge on any atom is 0.419 e. The maximum absolute atomic E-state index is 14.3. The van der Waals surface area contributed by atoms with Gasteiger partial charge < -0.3 is 15.2 Å². The monoisotopic (exact) mass is 478 g/mol. The lowest BCUT2D eigenvalue weighted by Crippen LogP contribution is -2.40. The number of rotatable bonds is 7. The fourth-order valence-electron chi connectivity index (χ4n) is 4.18. The molecule has 1 aromatic carbocycles. The van der Waals surface area contributed by atoms with Crippen molar-refractivity contribution in [3.05, 3.63) is 65.7 Å². The van der Waals surface area contributed by atoms with E-state index in [0.717, 1.165) is 12.1 Å². The van der Waals surface area contributed by atoms with E-state index in [1.54, 1.807) is 30.5 Å². The van der Waals surface area contributed by atoms with Crippen LogP contribution < -0.4 is 10.1 Å². The predicted molar refractivity (Wildman–Crippen MR) is 114 cm³/mol. The summed E-state index contributed by atoms with van der Waals surface area (Å²) in [7, 11) is 0. The Kier molecular flexibility index (Phi) is 6.45. The van der Waals surface area contributed by atoms with E-state index in [0.29, 0.717) is 23.4 Å². The third-order valence-electron chi connectivity index (χ3n) is 5.99. The molecule has 1 aliphatic rings. The highest BCUT2D eigenvalue weighted by Crippen LogP contribution is 2.42. The molecular formula is C23H22F4N4O3. The number of ether oxygens (including phenoxy) is 1. The zero-order valence-corrected chi connectivity index (χ0v) is 17.9. The van der Waals surface area contributed by atoms with Crippen molar-refractivity contribution in [2.24, 2.45) is 5.41 Å². The Balaban J connectivity index is 1.44. The molecular weight excluding hydrogens is 456 g/mol. The fraction of sp³-hybridized carbons (Fsp3) is 0.348. The lowest BCUT2D eigenvalue weighted by atomic mass is 9.70. The number of aliphatic carboxylic acids is 1. The molecule has 4 rings (SSSR count). The van der Waals surface area contributed by atoms with Gasteiger partial charge in [-0.15, -0.1) is 0 Å². The van der Waals surface area contributed by atoms with Gasteiger partial charge in [0.2, 0.25) is 0 Å². The van der Waals surface area contributed by atoms with Crippen LogP contribution in [0.5, 0.6) is 5.75 Å². The molecule has 1 fully saturated rings. The molecule has 0 radical (unpaired) electrons. The number of hydrogen-bond acceptors (Lipinski definition) is 5. The lowest BCUT2D eigenvalue weighted by molar-refractivity contribution is -0.152. The van der Waals surface area contributed by atoms with Gasteiger partial charge in [-0.2, -0.15) is 18.3 Å². The summed E-state index contributed by atoms with van der Waals surface area (Å²) >= 11 is 0. The Morgan fingerprint density at radius 2 is 1.88 bits per heavy atom. The molecule has 3 N–H and O–H groups in total. The number of alkyl halides is 3. The van der Waals surface area contributed by atoms with Crippen LogP contribution in [0.1, 0.15) is 36.9 Å². The molecule has 0 spiro atoms. The van der Waals surface area contributed by atoms with Crippen LogP contribution in [0, 0.1) is 11.2 Å². The number of hydrogen-bond donors (Lipinski definition) is 3. The predicted octanol–water partition coefficient (Wildman–Crippen LogP) is 5.34. The number of halogens is 4. The van der Waals surface area contributed by atoms with Crippen molar-refractivity contribution >= 4 is 17.6 Å². The summed E-state index contributed by atoms with van der Waals surface area (Å²) < 4.78 is 58.7. The van der Waals surface area contributed by atoms with Crippen LogP contribution in [0.2, 0.25) is 0 Å². The third-order valence-corrected chi connectivity index (χ3v) is 5.99. The number of carbonyl (C=O) groups is 1. The zero-order valence-electron chi connectivity index (χ0n) is 17.9. The first-order valence-corrected chi connectivity index (χ1v) is 10.6. The van der Waals surface area contributed by atoms with Crippen molar-refractivity contribution < 1.29 is 32.2 Å². The number of carboxylic acids is 1. The normalized spacial score (nSPS) is 20.6. The molecule has 34 heavy (non-hydrogen) atoms. The van der Waals surface area contributed by atoms with Gasteiger partial charge in [-0.3, -0.25) is 9.89 Å². The van der Waals surface area contributed by atoms with Crippen LogP contribution in [0.4, 0.5) is 29.2 Å². The van der Waals surface area contributed by atoms with Crippen molar-refractivity contribution in [1.29, 1.82) is 0 Å². The summed E-state index contributed by atoms with van der Waals surface area (Å²) in [6.45, 7) is 0. The van der Waals surface area contributed by atoms with Gasteiger partial charge in [-0.05, 0) is 49.9 Å². The lowest BCUT2D eigenvalue weighted by Gasteiger charge is -2.36. The molecule has 2 heterocycles. The largest absolute Gasteiger partial charge is 0.487 e. The first-order chi connectivity index (χ1) is 16.2. The van der Waals surface area contributed by atoms with E-state index in [9.17, 15) is 27.5 Å². The van der Waals surface area contributed by atoms with Gasteiger partial charge in [-0.1, -0.05) is 12.1 Å². The molecule has 2 aromatic heterocycles. The molecule has 180 valence electrons. The second-order valence-electron chi connectivity index (χ2n) is 8.29. The Hall–Kier alpha value is -3.63. The Bertz CT molecular complexity index is 1140. The van der Waals surface area contributed by atoms with Gasteiger partial charge >= 0.3 is 12.1 Å². The molecule has 0 bridgehead atoms. The van der Waals surface area contributed by atoms with Crippen molar-refractivity contribution in [3.8, 4) is 5.75 Å². The van der Waals surface area contributed by atoms with Crippen molar-refractivity contribution in [2.75, 3.05) is 5.32 Å². The second kappa shape index (κ2) is 9.32. The fourth-order valence-corrected chi connectivity index (χ4v) is 4.18. The molecule has 11 heteroatoms. The number of nitrogens with one attached hydrogen (secondary N) is 2. The minimum absolute atomic E-state index is 0.170. The highest BCUT2D eigenvalue weighted by atomic mass is 19.4. The molecule has 1 saturated carbocycles. The standard InChI is InChI=1S/C23H22F4N4O3/c24-20-16(23(25,26)27)4-2-5-17(20)34-15-7-10-22(11-8-15,21(32)33)13-14-3-1-6-18(29-14)30-19-9-12-28-31-19/h1-6,9,12,15H,7-8,10-11,13H2,(H,32,33)(H2,28,29,30,31). The van der Waals surface area contributed by atoms with E-state index in [1.165, 1.54) is 0 Å². The van der Waals surface area contributed by atoms with Gasteiger partial charge in [-0.25, -0.2) is 9.37 Å². The minimum atomic E-state index is -4.83. The van der Waals surface area contributed by atoms with E-state index in [4.69, 9.17) is 4.74 Å². The van der Waals surface area contributed by atoms with Gasteiger partial charge in [0.05, 0.1) is 17.1 Å². The van der Waals surface area contributed by atoms with Gasteiger partial charge in [0.25, 0.3) is 0 Å². The number of benzene rings is 1. The van der Waals surface area contributed by atoms with Crippen molar-refractivity contribution in [1.82, 2.24) is 15.2 Å². The topological polar surface area (TPSA) is 100 Å². The number of aromatic nitrogens is 3. The second-order valence-corrected chi connectivity index (χ2v) is 8.29. The molecule has 3 aromatic rings. The quantitative estimate of drug-likeness (QED) is 0.397. The summed E-state index contributed by atoms with van der Waals surface area (Å²) in [6, 6.07) is 9.84. The molecule has 7 nitrogen and oxygen atoms in total. The van der Waals surface area contributed by atoms with E-state index >= 15 is 0 Å². The molecule has 0 saturated heterocycles. The number of nitrogens with zero attached hydrogens (tertiary/aromatic N) is 2. The van der Waals surface area contributed by atoms with Gasteiger partial charge in [0.15, 0.2) is 17.4 Å². The smallest absolute Gasteiger partial charge is 0.419 e. The minimum Gasteiger partial charge on any atom is -0.487 e. The number of aromatic amines is 1. The number of anilines is 2. The first-order valence-electron chi connectivity index (χ1n) is 10.6. The highest BCUT2D eigenvalue weighted by Gasteiger charge is 2.43. The zero-order chi connectivity index (χ0) is 24.3. The number of H-pyrrole nitrogens is 1. The average molecular weight is 478 g/mol. The summed E-state index contributed by atoms with van der Waals surface area (Å²) in [6.07, 6.45) is -2.66. The summed E-state index contributed by atoms with van der Waals surface area (Å²) in [4.78, 5) is 16.7. The van der Waals surface area contributed by atoms with E-state index in [1.807, 2.05) is 0 Å². The van der Waals surface area contributed by atoms with Crippen LogP contribution >= 0.6 is 0 Å². The Labute approximate surface area is 192 Å². The average Bonchev–Trinajstić information content (AvgIpc) is 3.29.